The Bertz CT molecular complexity index is 605. The normalized spacial score (nSPS) is 18.9. The van der Waals surface area contributed by atoms with Crippen molar-refractivity contribution in [2.75, 3.05) is 0 Å². The smallest absolute Gasteiger partial charge is 0.276 e. The molecule has 17 heavy (non-hydrogen) atoms. The van der Waals surface area contributed by atoms with E-state index in [1.165, 1.54) is 24.3 Å². The molecule has 1 aliphatic heterocycles. The van der Waals surface area contributed by atoms with Gasteiger partial charge < -0.3 is 5.11 Å². The zero-order chi connectivity index (χ0) is 12.8. The molecule has 1 aromatic rings. The average molecular weight is 255 g/mol. The number of amides is 2. The number of aliphatic hydroxyl groups is 1. The number of aliphatic hydroxyl groups excluding tert-OH is 1. The second-order valence-corrected chi connectivity index (χ2v) is 5.34. The first-order chi connectivity index (χ1) is 7.87. The highest BCUT2D eigenvalue weighted by Crippen LogP contribution is 2.30. The largest absolute Gasteiger partial charge is 0.384 e. The van der Waals surface area contributed by atoms with Gasteiger partial charge in [0, 0.05) is 0 Å². The van der Waals surface area contributed by atoms with Crippen molar-refractivity contribution in [2.45, 2.75) is 17.9 Å². The van der Waals surface area contributed by atoms with Crippen LogP contribution in [0.15, 0.2) is 29.2 Å². The monoisotopic (exact) mass is 255 g/mol. The number of hydrogen-bond acceptors (Lipinski definition) is 5. The second kappa shape index (κ2) is 3.64. The molecule has 0 aromatic heterocycles. The van der Waals surface area contributed by atoms with Gasteiger partial charge in [-0.2, -0.15) is 4.31 Å². The van der Waals surface area contributed by atoms with Crippen LogP contribution in [0.1, 0.15) is 17.3 Å². The van der Waals surface area contributed by atoms with Crippen LogP contribution in [0.2, 0.25) is 0 Å². The van der Waals surface area contributed by atoms with Crippen molar-refractivity contribution in [1.29, 1.82) is 0 Å². The lowest BCUT2D eigenvalue weighted by molar-refractivity contribution is -0.132. The Kier molecular flexibility index (Phi) is 2.52. The van der Waals surface area contributed by atoms with Crippen molar-refractivity contribution in [3.8, 4) is 0 Å². The Balaban J connectivity index is 2.63. The number of fused-ring (bicyclic) bond motifs is 1. The highest BCUT2D eigenvalue weighted by Gasteiger charge is 2.45. The lowest BCUT2D eigenvalue weighted by Crippen LogP contribution is -2.41. The van der Waals surface area contributed by atoms with Gasteiger partial charge in [-0.3, -0.25) is 9.59 Å². The van der Waals surface area contributed by atoms with Crippen LogP contribution >= 0.6 is 0 Å². The third kappa shape index (κ3) is 1.55. The first-order valence-corrected chi connectivity index (χ1v) is 6.22. The SMILES string of the molecule is CC(O)C(=O)N1C(=O)c2ccccc2S1(=O)=O. The van der Waals surface area contributed by atoms with E-state index in [-0.39, 0.29) is 14.8 Å². The predicted octanol–water partition coefficient (Wildman–Crippen LogP) is -0.262. The Morgan fingerprint density at radius 2 is 1.94 bits per heavy atom. The summed E-state index contributed by atoms with van der Waals surface area (Å²) in [6.07, 6.45) is -1.55. The number of sulfonamides is 1. The van der Waals surface area contributed by atoms with Gasteiger partial charge in [0.2, 0.25) is 0 Å². The summed E-state index contributed by atoms with van der Waals surface area (Å²) >= 11 is 0. The summed E-state index contributed by atoms with van der Waals surface area (Å²) in [5, 5.41) is 9.10. The number of nitrogens with zero attached hydrogens (tertiary/aromatic N) is 1. The third-order valence-corrected chi connectivity index (χ3v) is 4.12. The van der Waals surface area contributed by atoms with E-state index >= 15 is 0 Å². The van der Waals surface area contributed by atoms with E-state index in [4.69, 9.17) is 5.11 Å². The van der Waals surface area contributed by atoms with Crippen molar-refractivity contribution in [1.82, 2.24) is 4.31 Å². The van der Waals surface area contributed by atoms with Gasteiger partial charge >= 0.3 is 0 Å². The van der Waals surface area contributed by atoms with Crippen LogP contribution in [0.5, 0.6) is 0 Å². The van der Waals surface area contributed by atoms with Crippen LogP contribution in [0.25, 0.3) is 0 Å². The number of carbonyl (C=O) groups excluding carboxylic acids is 2. The Morgan fingerprint density at radius 3 is 2.47 bits per heavy atom. The molecule has 0 bridgehead atoms. The molecule has 1 heterocycles. The highest BCUT2D eigenvalue weighted by molar-refractivity contribution is 7.90. The summed E-state index contributed by atoms with van der Waals surface area (Å²) in [5.74, 6) is -2.07. The van der Waals surface area contributed by atoms with Crippen LogP contribution in [0.4, 0.5) is 0 Å². The fourth-order valence-electron chi connectivity index (χ4n) is 1.57. The minimum Gasteiger partial charge on any atom is -0.384 e. The van der Waals surface area contributed by atoms with Crippen molar-refractivity contribution in [3.63, 3.8) is 0 Å². The number of carbonyl (C=O) groups is 2. The fraction of sp³-hybridized carbons (Fsp3) is 0.200. The van der Waals surface area contributed by atoms with Crippen molar-refractivity contribution < 1.29 is 23.1 Å². The van der Waals surface area contributed by atoms with Gasteiger partial charge in [-0.15, -0.1) is 0 Å². The molecule has 7 heteroatoms. The number of benzene rings is 1. The molecule has 0 fully saturated rings. The van der Waals surface area contributed by atoms with Crippen LogP contribution in [0, 0.1) is 0 Å². The van der Waals surface area contributed by atoms with Gasteiger partial charge in [0.05, 0.1) is 5.56 Å². The standard InChI is InChI=1S/C10H9NO5S/c1-6(12)9(13)11-10(14)7-4-2-3-5-8(7)17(11,15)16/h2-6,12H,1H3. The zero-order valence-electron chi connectivity index (χ0n) is 8.82. The first-order valence-electron chi connectivity index (χ1n) is 4.78. The molecule has 90 valence electrons. The third-order valence-electron chi connectivity index (χ3n) is 2.38. The second-order valence-electron chi connectivity index (χ2n) is 3.58. The minimum absolute atomic E-state index is 0.0542. The van der Waals surface area contributed by atoms with Crippen LogP contribution in [-0.2, 0) is 14.8 Å². The molecule has 0 saturated carbocycles. The quantitative estimate of drug-likeness (QED) is 0.746. The molecule has 1 aliphatic rings. The summed E-state index contributed by atoms with van der Waals surface area (Å²) in [4.78, 5) is 23.1. The molecule has 2 rings (SSSR count). The molecule has 1 unspecified atom stereocenters. The lowest BCUT2D eigenvalue weighted by atomic mass is 10.2. The van der Waals surface area contributed by atoms with Gasteiger partial charge in [0.25, 0.3) is 21.8 Å². The number of hydrogen-bond donors (Lipinski definition) is 1. The van der Waals surface area contributed by atoms with Gasteiger partial charge in [-0.25, -0.2) is 8.42 Å². The number of imide groups is 1. The molecule has 1 atom stereocenters. The van der Waals surface area contributed by atoms with E-state index in [0.717, 1.165) is 6.92 Å². The molecular weight excluding hydrogens is 246 g/mol. The van der Waals surface area contributed by atoms with Crippen molar-refractivity contribution in [2.24, 2.45) is 0 Å². The molecule has 0 aliphatic carbocycles. The number of rotatable bonds is 1. The molecular formula is C10H9NO5S. The molecule has 1 aromatic carbocycles. The van der Waals surface area contributed by atoms with E-state index in [2.05, 4.69) is 0 Å². The Labute approximate surface area is 97.5 Å². The molecule has 0 radical (unpaired) electrons. The summed E-state index contributed by atoms with van der Waals surface area (Å²) in [5.41, 5.74) is -0.0542. The maximum Gasteiger partial charge on any atom is 0.276 e. The topological polar surface area (TPSA) is 91.8 Å². The molecule has 2 amide bonds. The lowest BCUT2D eigenvalue weighted by Gasteiger charge is -2.14. The highest BCUT2D eigenvalue weighted by atomic mass is 32.2. The van der Waals surface area contributed by atoms with Gasteiger partial charge in [-0.1, -0.05) is 12.1 Å². The minimum atomic E-state index is -4.17. The fourth-order valence-corrected chi connectivity index (χ4v) is 3.16. The van der Waals surface area contributed by atoms with Gasteiger partial charge in [0.15, 0.2) is 0 Å². The maximum absolute atomic E-state index is 11.9. The van der Waals surface area contributed by atoms with E-state index in [1.807, 2.05) is 0 Å². The molecule has 0 saturated heterocycles. The van der Waals surface area contributed by atoms with Crippen molar-refractivity contribution in [3.05, 3.63) is 29.8 Å². The van der Waals surface area contributed by atoms with Crippen LogP contribution < -0.4 is 0 Å². The van der Waals surface area contributed by atoms with Gasteiger partial charge in [0.1, 0.15) is 11.0 Å². The first kappa shape index (κ1) is 11.7. The van der Waals surface area contributed by atoms with E-state index in [9.17, 15) is 18.0 Å². The summed E-state index contributed by atoms with van der Waals surface area (Å²) in [7, 11) is -4.17. The predicted molar refractivity (Wildman–Crippen MR) is 56.5 cm³/mol. The van der Waals surface area contributed by atoms with Crippen LogP contribution in [0.3, 0.4) is 0 Å². The summed E-state index contributed by atoms with van der Waals surface area (Å²) in [6.45, 7) is 1.11. The Morgan fingerprint density at radius 1 is 1.35 bits per heavy atom. The summed E-state index contributed by atoms with van der Waals surface area (Å²) < 4.78 is 23.9. The van der Waals surface area contributed by atoms with Crippen molar-refractivity contribution >= 4 is 21.8 Å². The van der Waals surface area contributed by atoms with Crippen LogP contribution in [-0.4, -0.2) is 35.7 Å². The average Bonchev–Trinajstić information content (AvgIpc) is 2.47. The Hall–Kier alpha value is -1.73. The van der Waals surface area contributed by atoms with E-state index in [1.54, 1.807) is 0 Å². The maximum atomic E-state index is 11.9. The molecule has 0 spiro atoms. The van der Waals surface area contributed by atoms with Gasteiger partial charge in [-0.05, 0) is 19.1 Å². The molecule has 1 N–H and O–H groups in total. The van der Waals surface area contributed by atoms with E-state index < -0.39 is 27.9 Å². The zero-order valence-corrected chi connectivity index (χ0v) is 9.64. The molecule has 6 nitrogen and oxygen atoms in total. The van der Waals surface area contributed by atoms with E-state index in [0.29, 0.717) is 0 Å². The summed E-state index contributed by atoms with van der Waals surface area (Å²) in [6, 6.07) is 5.53.